The van der Waals surface area contributed by atoms with Gasteiger partial charge in [0.25, 0.3) is 0 Å². The first-order chi connectivity index (χ1) is 17.5. The van der Waals surface area contributed by atoms with E-state index in [1.165, 1.54) is 6.42 Å². The first-order valence-electron chi connectivity index (χ1n) is 11.7. The third-order valence-electron chi connectivity index (χ3n) is 5.06. The van der Waals surface area contributed by atoms with Crippen molar-refractivity contribution in [1.82, 2.24) is 10.2 Å². The number of carbonyl (C=O) groups excluding carboxylic acids is 3. The van der Waals surface area contributed by atoms with Crippen LogP contribution in [-0.4, -0.2) is 110 Å². The minimum atomic E-state index is -0.577. The van der Waals surface area contributed by atoms with Crippen molar-refractivity contribution in [2.75, 3.05) is 43.6 Å². The van der Waals surface area contributed by atoms with Gasteiger partial charge in [0.05, 0.1) is 0 Å². The van der Waals surface area contributed by atoms with Gasteiger partial charge in [0.15, 0.2) is 6.10 Å². The number of hydrogen-bond donors (Lipinski definition) is 4. The monoisotopic (exact) mass is 558 g/mol. The molecule has 0 bridgehead atoms. The molecule has 1 aliphatic rings. The second kappa shape index (κ2) is 21.3. The van der Waals surface area contributed by atoms with Crippen LogP contribution in [0.25, 0.3) is 0 Å². The van der Waals surface area contributed by atoms with Gasteiger partial charge in [0, 0.05) is 17.9 Å². The molecule has 1 atom stereocenters. The molecule has 12 heteroatoms. The van der Waals surface area contributed by atoms with Gasteiger partial charge in [-0.25, -0.2) is 9.59 Å². The fourth-order valence-corrected chi connectivity index (χ4v) is 3.37. The summed E-state index contributed by atoms with van der Waals surface area (Å²) in [5.74, 6) is -0.359. The van der Waals surface area contributed by atoms with Crippen LogP contribution < -0.4 is 16.0 Å². The Morgan fingerprint density at radius 1 is 0.947 bits per heavy atom. The summed E-state index contributed by atoms with van der Waals surface area (Å²) in [7, 11) is 0. The van der Waals surface area contributed by atoms with Crippen molar-refractivity contribution in [3.63, 3.8) is 0 Å². The number of piperidine rings is 1. The molecule has 0 spiro atoms. The van der Waals surface area contributed by atoms with Crippen molar-refractivity contribution in [2.45, 2.75) is 25.4 Å². The van der Waals surface area contributed by atoms with Crippen LogP contribution in [0, 0.1) is 0 Å². The molecule has 1 saturated heterocycles. The number of ether oxygens (including phenoxy) is 2. The van der Waals surface area contributed by atoms with Gasteiger partial charge in [0.2, 0.25) is 5.91 Å². The maximum Gasteiger partial charge on any atom is 2.00 e. The standard InChI is InChI=1S/C22H27N3O4.C4H7NO2.Ca.H2O.2H/c26-21(23-18-10-4-1-5-11-18)28-17-20(16-25-14-8-3-9-15-25)29-22(27)24-19-12-6-2-7-13-19;1-2-4(7)5-3-6;;;;/h1-2,4-7,10-13,20H,3,8-9,14-17H2,(H,23,26)(H,24,27);2,6H,1,3H2,(H,5,7);;1H2;;/q;;+2;;2*-1. The molecular weight excluding hydrogens is 520 g/mol. The van der Waals surface area contributed by atoms with Gasteiger partial charge >= 0.3 is 49.9 Å². The molecule has 11 nitrogen and oxygen atoms in total. The van der Waals surface area contributed by atoms with Crippen LogP contribution in [0.3, 0.4) is 0 Å². The number of nitrogens with zero attached hydrogens (tertiary/aromatic N) is 1. The molecule has 2 aromatic carbocycles. The average Bonchev–Trinajstić information content (AvgIpc) is 2.89. The Balaban J connectivity index is -0.00000111. The maximum absolute atomic E-state index is 12.3. The van der Waals surface area contributed by atoms with E-state index in [0.717, 1.165) is 32.0 Å². The second-order valence-electron chi connectivity index (χ2n) is 7.87. The van der Waals surface area contributed by atoms with E-state index in [1.54, 1.807) is 24.3 Å². The van der Waals surface area contributed by atoms with Gasteiger partial charge in [-0.15, -0.1) is 0 Å². The van der Waals surface area contributed by atoms with Crippen molar-refractivity contribution in [3.8, 4) is 0 Å². The Bertz CT molecular complexity index is 957. The van der Waals surface area contributed by atoms with Crippen LogP contribution in [0.5, 0.6) is 0 Å². The number of nitrogens with one attached hydrogen (secondary N) is 3. The molecule has 6 N–H and O–H groups in total. The predicted octanol–water partition coefficient (Wildman–Crippen LogP) is 2.60. The van der Waals surface area contributed by atoms with Crippen LogP contribution in [0.1, 0.15) is 22.1 Å². The van der Waals surface area contributed by atoms with E-state index in [1.807, 2.05) is 36.4 Å². The van der Waals surface area contributed by atoms with Gasteiger partial charge in [-0.2, -0.15) is 0 Å². The molecule has 2 aromatic rings. The first-order valence-corrected chi connectivity index (χ1v) is 11.7. The topological polar surface area (TPSA) is 161 Å². The number of likely N-dealkylation sites (tertiary alicyclic amines) is 1. The van der Waals surface area contributed by atoms with Crippen molar-refractivity contribution >= 4 is 67.2 Å². The van der Waals surface area contributed by atoms with E-state index in [-0.39, 0.29) is 65.3 Å². The van der Waals surface area contributed by atoms with Crippen molar-refractivity contribution < 1.29 is 37.3 Å². The molecule has 1 heterocycles. The molecule has 0 aliphatic carbocycles. The normalized spacial score (nSPS) is 13.0. The Kier molecular flexibility index (Phi) is 19.8. The summed E-state index contributed by atoms with van der Waals surface area (Å²) in [6.45, 7) is 5.25. The number of aliphatic hydroxyl groups is 1. The number of rotatable bonds is 9. The molecule has 0 aromatic heterocycles. The van der Waals surface area contributed by atoms with Crippen LogP contribution in [-0.2, 0) is 14.3 Å². The summed E-state index contributed by atoms with van der Waals surface area (Å²) in [6.07, 6.45) is 2.86. The summed E-state index contributed by atoms with van der Waals surface area (Å²) < 4.78 is 10.9. The maximum atomic E-state index is 12.3. The van der Waals surface area contributed by atoms with Gasteiger partial charge in [-0.05, 0) is 56.3 Å². The molecule has 1 fully saturated rings. The van der Waals surface area contributed by atoms with E-state index < -0.39 is 18.3 Å². The summed E-state index contributed by atoms with van der Waals surface area (Å²) in [5, 5.41) is 15.4. The van der Waals surface area contributed by atoms with E-state index in [0.29, 0.717) is 17.9 Å². The number of carbonyl (C=O) groups is 3. The number of amides is 3. The van der Waals surface area contributed by atoms with Crippen molar-refractivity contribution in [1.29, 1.82) is 0 Å². The Morgan fingerprint density at radius 3 is 1.95 bits per heavy atom. The first kappa shape index (κ1) is 35.3. The number of anilines is 2. The van der Waals surface area contributed by atoms with Crippen LogP contribution in [0.2, 0.25) is 0 Å². The Morgan fingerprint density at radius 2 is 1.47 bits per heavy atom. The quantitative estimate of drug-likeness (QED) is 0.209. The fraction of sp³-hybridized carbons (Fsp3) is 0.346. The van der Waals surface area contributed by atoms with Crippen LogP contribution in [0.4, 0.5) is 21.0 Å². The molecule has 1 aliphatic heterocycles. The van der Waals surface area contributed by atoms with E-state index >= 15 is 0 Å². The Labute approximate surface area is 255 Å². The van der Waals surface area contributed by atoms with Gasteiger partial charge < -0.3 is 28.2 Å². The minimum absolute atomic E-state index is 0. The zero-order valence-electron chi connectivity index (χ0n) is 23.4. The van der Waals surface area contributed by atoms with Crippen LogP contribution >= 0.6 is 0 Å². The van der Waals surface area contributed by atoms with Crippen molar-refractivity contribution in [2.24, 2.45) is 0 Å². The van der Waals surface area contributed by atoms with Crippen LogP contribution in [0.15, 0.2) is 73.3 Å². The zero-order valence-corrected chi connectivity index (χ0v) is 23.6. The summed E-state index contributed by atoms with van der Waals surface area (Å²) >= 11 is 0. The molecule has 3 amide bonds. The largest absolute Gasteiger partial charge is 2.00 e. The van der Waals surface area contributed by atoms with E-state index in [4.69, 9.17) is 14.6 Å². The molecular formula is C26H38CaN4O7. The molecule has 206 valence electrons. The summed E-state index contributed by atoms with van der Waals surface area (Å²) in [5.41, 5.74) is 1.30. The zero-order chi connectivity index (χ0) is 26.0. The summed E-state index contributed by atoms with van der Waals surface area (Å²) in [4.78, 5) is 36.6. The van der Waals surface area contributed by atoms with E-state index in [9.17, 15) is 14.4 Å². The van der Waals surface area contributed by atoms with Crippen molar-refractivity contribution in [3.05, 3.63) is 73.3 Å². The molecule has 38 heavy (non-hydrogen) atoms. The predicted molar refractivity (Wildman–Crippen MR) is 149 cm³/mol. The number of benzene rings is 2. The third kappa shape index (κ3) is 15.6. The van der Waals surface area contributed by atoms with Gasteiger partial charge in [-0.1, -0.05) is 49.4 Å². The van der Waals surface area contributed by atoms with Gasteiger partial charge in [-0.3, -0.25) is 20.3 Å². The molecule has 0 radical (unpaired) electrons. The average molecular weight is 559 g/mol. The Hall–Kier alpha value is -2.67. The molecule has 0 saturated carbocycles. The number of hydrogen-bond acceptors (Lipinski definition) is 7. The molecule has 3 rings (SSSR count). The minimum Gasteiger partial charge on any atom is -1.00 e. The summed E-state index contributed by atoms with van der Waals surface area (Å²) in [6, 6.07) is 18.2. The smallest absolute Gasteiger partial charge is 1.00 e. The number of aliphatic hydroxyl groups excluding tert-OH is 1. The third-order valence-corrected chi connectivity index (χ3v) is 5.06. The van der Waals surface area contributed by atoms with E-state index in [2.05, 4.69) is 27.4 Å². The fourth-order valence-electron chi connectivity index (χ4n) is 3.37. The molecule has 1 unspecified atom stereocenters. The number of para-hydroxylation sites is 2. The van der Waals surface area contributed by atoms with Gasteiger partial charge in [0.1, 0.15) is 13.3 Å². The SMILES string of the molecule is C=CC(=O)NCO.O.O=C(Nc1ccccc1)OCC(CN1CCCCC1)OC(=O)Nc1ccccc1.[Ca+2].[H-].[H-]. The second-order valence-corrected chi connectivity index (χ2v) is 7.87.